The van der Waals surface area contributed by atoms with E-state index in [-0.39, 0.29) is 11.9 Å². The van der Waals surface area contributed by atoms with Crippen molar-refractivity contribution in [3.8, 4) is 0 Å². The van der Waals surface area contributed by atoms with Crippen LogP contribution in [0.15, 0.2) is 52.9 Å². The monoisotopic (exact) mass is 411 g/mol. The van der Waals surface area contributed by atoms with Crippen LogP contribution < -0.4 is 5.32 Å². The SMILES string of the molecule is Cc1c(C(=O)NC[C@H](c2ccc(Cl)cc2)N2CCN(C)CC2)oc2ccccc12. The van der Waals surface area contributed by atoms with Gasteiger partial charge in [-0.05, 0) is 37.7 Å². The maximum absolute atomic E-state index is 12.9. The van der Waals surface area contributed by atoms with Crippen LogP contribution in [0.4, 0.5) is 0 Å². The fraction of sp³-hybridized carbons (Fsp3) is 0.348. The Bertz CT molecular complexity index is 991. The van der Waals surface area contributed by atoms with Crippen LogP contribution >= 0.6 is 11.6 Å². The lowest BCUT2D eigenvalue weighted by Gasteiger charge is -2.38. The summed E-state index contributed by atoms with van der Waals surface area (Å²) in [7, 11) is 2.14. The molecule has 1 saturated heterocycles. The normalized spacial score (nSPS) is 16.8. The number of fused-ring (bicyclic) bond motifs is 1. The van der Waals surface area contributed by atoms with Crippen LogP contribution in [-0.4, -0.2) is 55.5 Å². The van der Waals surface area contributed by atoms with Gasteiger partial charge in [-0.3, -0.25) is 9.69 Å². The van der Waals surface area contributed by atoms with E-state index >= 15 is 0 Å². The van der Waals surface area contributed by atoms with Crippen molar-refractivity contribution in [3.05, 3.63) is 70.4 Å². The van der Waals surface area contributed by atoms with Gasteiger partial charge in [0.2, 0.25) is 0 Å². The molecule has 6 heteroatoms. The number of aryl methyl sites for hydroxylation is 1. The summed E-state index contributed by atoms with van der Waals surface area (Å²) in [5, 5.41) is 4.79. The highest BCUT2D eigenvalue weighted by molar-refractivity contribution is 6.30. The Kier molecular flexibility index (Phi) is 5.90. The molecule has 0 aliphatic carbocycles. The lowest BCUT2D eigenvalue weighted by atomic mass is 10.0. The lowest BCUT2D eigenvalue weighted by molar-refractivity contribution is 0.0864. The van der Waals surface area contributed by atoms with E-state index in [1.165, 1.54) is 0 Å². The zero-order valence-electron chi connectivity index (χ0n) is 16.8. The first-order valence-corrected chi connectivity index (χ1v) is 10.3. The third kappa shape index (κ3) is 4.32. The number of piperazine rings is 1. The van der Waals surface area contributed by atoms with Gasteiger partial charge in [-0.15, -0.1) is 0 Å². The molecule has 1 fully saturated rings. The van der Waals surface area contributed by atoms with E-state index in [1.54, 1.807) is 0 Å². The van der Waals surface area contributed by atoms with Gasteiger partial charge in [-0.25, -0.2) is 0 Å². The molecule has 2 heterocycles. The smallest absolute Gasteiger partial charge is 0.287 e. The number of benzene rings is 2. The van der Waals surface area contributed by atoms with E-state index < -0.39 is 0 Å². The minimum absolute atomic E-state index is 0.0922. The van der Waals surface area contributed by atoms with Crippen LogP contribution in [0.25, 0.3) is 11.0 Å². The lowest BCUT2D eigenvalue weighted by Crippen LogP contribution is -2.48. The number of carbonyl (C=O) groups excluding carboxylic acids is 1. The van der Waals surface area contributed by atoms with Gasteiger partial charge in [0, 0.05) is 48.7 Å². The first-order valence-electron chi connectivity index (χ1n) is 9.97. The molecule has 1 aromatic heterocycles. The zero-order valence-corrected chi connectivity index (χ0v) is 17.6. The van der Waals surface area contributed by atoms with Gasteiger partial charge in [0.15, 0.2) is 5.76 Å². The van der Waals surface area contributed by atoms with E-state index in [2.05, 4.69) is 22.2 Å². The molecule has 4 rings (SSSR count). The summed E-state index contributed by atoms with van der Waals surface area (Å²) in [6.07, 6.45) is 0. The van der Waals surface area contributed by atoms with Crippen molar-refractivity contribution in [1.82, 2.24) is 15.1 Å². The highest BCUT2D eigenvalue weighted by atomic mass is 35.5. The van der Waals surface area contributed by atoms with Gasteiger partial charge in [0.1, 0.15) is 5.58 Å². The number of halogens is 1. The third-order valence-electron chi connectivity index (χ3n) is 5.74. The number of para-hydroxylation sites is 1. The molecule has 0 unspecified atom stereocenters. The predicted octanol–water partition coefficient (Wildman–Crippen LogP) is 4.11. The van der Waals surface area contributed by atoms with Crippen molar-refractivity contribution in [2.75, 3.05) is 39.8 Å². The Morgan fingerprint density at radius 3 is 2.48 bits per heavy atom. The van der Waals surface area contributed by atoms with Gasteiger partial charge in [0.25, 0.3) is 5.91 Å². The van der Waals surface area contributed by atoms with Crippen molar-refractivity contribution in [1.29, 1.82) is 0 Å². The van der Waals surface area contributed by atoms with Gasteiger partial charge >= 0.3 is 0 Å². The Hall–Kier alpha value is -2.34. The zero-order chi connectivity index (χ0) is 20.4. The minimum Gasteiger partial charge on any atom is -0.451 e. The molecule has 152 valence electrons. The summed E-state index contributed by atoms with van der Waals surface area (Å²) in [6.45, 7) is 6.40. The summed E-state index contributed by atoms with van der Waals surface area (Å²) in [5.74, 6) is 0.214. The Balaban J connectivity index is 1.53. The Morgan fingerprint density at radius 2 is 1.79 bits per heavy atom. The number of hydrogen-bond donors (Lipinski definition) is 1. The molecule has 1 N–H and O–H groups in total. The van der Waals surface area contributed by atoms with Crippen LogP contribution in [0.5, 0.6) is 0 Å². The fourth-order valence-corrected chi connectivity index (χ4v) is 4.06. The van der Waals surface area contributed by atoms with Crippen molar-refractivity contribution in [2.24, 2.45) is 0 Å². The van der Waals surface area contributed by atoms with E-state index in [0.29, 0.717) is 17.3 Å². The van der Waals surface area contributed by atoms with Crippen molar-refractivity contribution in [2.45, 2.75) is 13.0 Å². The number of rotatable bonds is 5. The summed E-state index contributed by atoms with van der Waals surface area (Å²) in [4.78, 5) is 17.7. The molecule has 3 aromatic rings. The molecular formula is C23H26ClN3O2. The summed E-state index contributed by atoms with van der Waals surface area (Å²) in [5.41, 5.74) is 2.77. The molecule has 5 nitrogen and oxygen atoms in total. The van der Waals surface area contributed by atoms with Crippen LogP contribution in [0.1, 0.15) is 27.7 Å². The van der Waals surface area contributed by atoms with Crippen molar-refractivity contribution in [3.63, 3.8) is 0 Å². The second kappa shape index (κ2) is 8.57. The summed E-state index contributed by atoms with van der Waals surface area (Å²) in [6, 6.07) is 15.7. The molecule has 2 aromatic carbocycles. The highest BCUT2D eigenvalue weighted by Gasteiger charge is 2.25. The van der Waals surface area contributed by atoms with Crippen LogP contribution in [0.3, 0.4) is 0 Å². The van der Waals surface area contributed by atoms with Gasteiger partial charge in [0.05, 0.1) is 6.04 Å². The van der Waals surface area contributed by atoms with Crippen LogP contribution in [0, 0.1) is 6.92 Å². The molecule has 1 aliphatic heterocycles. The topological polar surface area (TPSA) is 48.7 Å². The van der Waals surface area contributed by atoms with Gasteiger partial charge in [-0.2, -0.15) is 0 Å². The quantitative estimate of drug-likeness (QED) is 0.686. The number of nitrogens with one attached hydrogen (secondary N) is 1. The molecule has 1 atom stereocenters. The van der Waals surface area contributed by atoms with E-state index in [1.807, 2.05) is 55.5 Å². The summed E-state index contributed by atoms with van der Waals surface area (Å²) < 4.78 is 5.82. The third-order valence-corrected chi connectivity index (χ3v) is 5.99. The number of amides is 1. The maximum Gasteiger partial charge on any atom is 0.287 e. The standard InChI is InChI=1S/C23H26ClN3O2/c1-16-19-5-3-4-6-21(19)29-22(16)23(28)25-15-20(17-7-9-18(24)10-8-17)27-13-11-26(2)12-14-27/h3-10,20H,11-15H2,1-2H3,(H,25,28)/t20-/m1/s1. The average molecular weight is 412 g/mol. The molecule has 1 amide bonds. The predicted molar refractivity (Wildman–Crippen MR) is 117 cm³/mol. The molecule has 29 heavy (non-hydrogen) atoms. The van der Waals surface area contributed by atoms with Crippen LogP contribution in [0.2, 0.25) is 5.02 Å². The second-order valence-electron chi connectivity index (χ2n) is 7.67. The summed E-state index contributed by atoms with van der Waals surface area (Å²) >= 11 is 6.08. The molecule has 0 spiro atoms. The second-order valence-corrected chi connectivity index (χ2v) is 8.11. The first-order chi connectivity index (χ1) is 14.0. The number of furan rings is 1. The molecule has 0 radical (unpaired) electrons. The van der Waals surface area contributed by atoms with E-state index in [0.717, 1.165) is 48.3 Å². The van der Waals surface area contributed by atoms with Gasteiger partial charge in [-0.1, -0.05) is 41.9 Å². The Morgan fingerprint density at radius 1 is 1.10 bits per heavy atom. The van der Waals surface area contributed by atoms with Crippen molar-refractivity contribution < 1.29 is 9.21 Å². The molecule has 1 aliphatic rings. The maximum atomic E-state index is 12.9. The van der Waals surface area contributed by atoms with Gasteiger partial charge < -0.3 is 14.6 Å². The molecular weight excluding hydrogens is 386 g/mol. The molecule has 0 saturated carbocycles. The molecule has 0 bridgehead atoms. The Labute approximate surface area is 176 Å². The van der Waals surface area contributed by atoms with E-state index in [4.69, 9.17) is 16.0 Å². The number of likely N-dealkylation sites (N-methyl/N-ethyl adjacent to an activating group) is 1. The van der Waals surface area contributed by atoms with E-state index in [9.17, 15) is 4.79 Å². The van der Waals surface area contributed by atoms with Crippen molar-refractivity contribution >= 4 is 28.5 Å². The minimum atomic E-state index is -0.174. The van der Waals surface area contributed by atoms with Crippen LogP contribution in [-0.2, 0) is 0 Å². The number of carbonyl (C=O) groups is 1. The fourth-order valence-electron chi connectivity index (χ4n) is 3.94. The largest absolute Gasteiger partial charge is 0.451 e. The number of nitrogens with zero attached hydrogens (tertiary/aromatic N) is 2. The average Bonchev–Trinajstić information content (AvgIpc) is 3.07. The highest BCUT2D eigenvalue weighted by Crippen LogP contribution is 2.26. The first kappa shape index (κ1) is 20.0. The number of hydrogen-bond acceptors (Lipinski definition) is 4.